The monoisotopic (exact) mass is 205 g/mol. The van der Waals surface area contributed by atoms with E-state index in [1.807, 2.05) is 18.2 Å². The van der Waals surface area contributed by atoms with Crippen LogP contribution in [0.2, 0.25) is 0 Å². The van der Waals surface area contributed by atoms with E-state index in [1.54, 1.807) is 12.3 Å². The number of H-pyrrole nitrogens is 1. The lowest BCUT2D eigenvalue weighted by Crippen LogP contribution is -1.93. The topological polar surface area (TPSA) is 54.7 Å². The number of anilines is 1. The summed E-state index contributed by atoms with van der Waals surface area (Å²) < 4.78 is 13.3. The zero-order valence-corrected chi connectivity index (χ0v) is 8.37. The van der Waals surface area contributed by atoms with Gasteiger partial charge < -0.3 is 5.73 Å². The Morgan fingerprint density at radius 1 is 1.33 bits per heavy atom. The average Bonchev–Trinajstić information content (AvgIpc) is 2.64. The summed E-state index contributed by atoms with van der Waals surface area (Å²) in [6, 6.07) is 7.26. The van der Waals surface area contributed by atoms with Crippen LogP contribution in [0.25, 0.3) is 11.1 Å². The Balaban J connectivity index is 2.58. The van der Waals surface area contributed by atoms with Crippen molar-refractivity contribution in [1.82, 2.24) is 10.2 Å². The van der Waals surface area contributed by atoms with Gasteiger partial charge in [0.2, 0.25) is 0 Å². The third-order valence-corrected chi connectivity index (χ3v) is 2.35. The largest absolute Gasteiger partial charge is 0.384 e. The van der Waals surface area contributed by atoms with E-state index in [-0.39, 0.29) is 0 Å². The molecule has 0 aliphatic rings. The standard InChI is InChI=1S/C11H12FN3/c1-7(12)8-4-2-3-5-9(8)10-6-14-15-11(10)13/h2-7H,1H3,(H3,13,14,15). The van der Waals surface area contributed by atoms with E-state index in [0.29, 0.717) is 11.4 Å². The van der Waals surface area contributed by atoms with Gasteiger partial charge >= 0.3 is 0 Å². The predicted molar refractivity (Wildman–Crippen MR) is 58.0 cm³/mol. The normalized spacial score (nSPS) is 12.7. The summed E-state index contributed by atoms with van der Waals surface area (Å²) in [5.74, 6) is 0.461. The van der Waals surface area contributed by atoms with Crippen LogP contribution in [0.15, 0.2) is 30.5 Å². The lowest BCUT2D eigenvalue weighted by Gasteiger charge is -2.09. The van der Waals surface area contributed by atoms with Crippen LogP contribution in [0.3, 0.4) is 0 Å². The predicted octanol–water partition coefficient (Wildman–Crippen LogP) is 2.69. The molecule has 0 bridgehead atoms. The molecule has 15 heavy (non-hydrogen) atoms. The molecule has 1 aromatic heterocycles. The van der Waals surface area contributed by atoms with Gasteiger partial charge in [-0.15, -0.1) is 0 Å². The first-order valence-electron chi connectivity index (χ1n) is 4.72. The molecule has 0 amide bonds. The van der Waals surface area contributed by atoms with Crippen LogP contribution in [-0.4, -0.2) is 10.2 Å². The average molecular weight is 205 g/mol. The molecule has 4 heteroatoms. The number of benzene rings is 1. The highest BCUT2D eigenvalue weighted by atomic mass is 19.1. The highest BCUT2D eigenvalue weighted by Crippen LogP contribution is 2.31. The van der Waals surface area contributed by atoms with Crippen LogP contribution >= 0.6 is 0 Å². The highest BCUT2D eigenvalue weighted by Gasteiger charge is 2.13. The molecule has 1 heterocycles. The summed E-state index contributed by atoms with van der Waals surface area (Å²) in [4.78, 5) is 0. The zero-order chi connectivity index (χ0) is 10.8. The summed E-state index contributed by atoms with van der Waals surface area (Å²) in [5.41, 5.74) is 7.87. The number of rotatable bonds is 2. The summed E-state index contributed by atoms with van der Waals surface area (Å²) >= 11 is 0. The maximum absolute atomic E-state index is 13.3. The third kappa shape index (κ3) is 1.70. The van der Waals surface area contributed by atoms with Crippen molar-refractivity contribution in [2.45, 2.75) is 13.1 Å². The Bertz CT molecular complexity index is 462. The number of nitrogens with zero attached hydrogens (tertiary/aromatic N) is 1. The molecule has 0 saturated heterocycles. The molecule has 78 valence electrons. The maximum Gasteiger partial charge on any atom is 0.126 e. The molecule has 2 rings (SSSR count). The van der Waals surface area contributed by atoms with Crippen LogP contribution in [0.5, 0.6) is 0 Å². The van der Waals surface area contributed by atoms with E-state index in [0.717, 1.165) is 11.1 Å². The molecule has 0 saturated carbocycles. The number of halogens is 1. The SMILES string of the molecule is CC(F)c1ccccc1-c1cn[nH]c1N. The van der Waals surface area contributed by atoms with Crippen molar-refractivity contribution in [2.75, 3.05) is 5.73 Å². The minimum atomic E-state index is -1.02. The van der Waals surface area contributed by atoms with Crippen LogP contribution in [0.1, 0.15) is 18.7 Å². The second-order valence-corrected chi connectivity index (χ2v) is 3.40. The van der Waals surface area contributed by atoms with Gasteiger partial charge in [-0.2, -0.15) is 5.10 Å². The number of nitrogen functional groups attached to an aromatic ring is 1. The third-order valence-electron chi connectivity index (χ3n) is 2.35. The lowest BCUT2D eigenvalue weighted by molar-refractivity contribution is 0.375. The van der Waals surface area contributed by atoms with Gasteiger partial charge in [-0.3, -0.25) is 5.10 Å². The van der Waals surface area contributed by atoms with E-state index >= 15 is 0 Å². The number of hydrogen-bond donors (Lipinski definition) is 2. The Morgan fingerprint density at radius 2 is 2.07 bits per heavy atom. The van der Waals surface area contributed by atoms with Gasteiger partial charge in [0.15, 0.2) is 0 Å². The molecule has 3 N–H and O–H groups in total. The van der Waals surface area contributed by atoms with Crippen molar-refractivity contribution in [3.8, 4) is 11.1 Å². The van der Waals surface area contributed by atoms with Crippen LogP contribution in [0.4, 0.5) is 10.2 Å². The number of aromatic nitrogens is 2. The van der Waals surface area contributed by atoms with E-state index in [9.17, 15) is 4.39 Å². The molecule has 1 unspecified atom stereocenters. The van der Waals surface area contributed by atoms with Gasteiger partial charge in [0, 0.05) is 5.56 Å². The molecule has 3 nitrogen and oxygen atoms in total. The maximum atomic E-state index is 13.3. The smallest absolute Gasteiger partial charge is 0.126 e. The summed E-state index contributed by atoms with van der Waals surface area (Å²) in [7, 11) is 0. The molecule has 0 fully saturated rings. The zero-order valence-electron chi connectivity index (χ0n) is 8.37. The van der Waals surface area contributed by atoms with Gasteiger partial charge in [0.1, 0.15) is 12.0 Å². The molecule has 1 aromatic carbocycles. The van der Waals surface area contributed by atoms with Crippen LogP contribution in [-0.2, 0) is 0 Å². The Labute approximate surface area is 87.1 Å². The molecule has 0 aliphatic heterocycles. The number of alkyl halides is 1. The number of nitrogens with two attached hydrogens (primary N) is 1. The molecular formula is C11H12FN3. The second-order valence-electron chi connectivity index (χ2n) is 3.40. The molecule has 0 aliphatic carbocycles. The van der Waals surface area contributed by atoms with Crippen molar-refractivity contribution in [3.05, 3.63) is 36.0 Å². The van der Waals surface area contributed by atoms with Crippen molar-refractivity contribution in [2.24, 2.45) is 0 Å². The Hall–Kier alpha value is -1.84. The van der Waals surface area contributed by atoms with Gasteiger partial charge in [-0.1, -0.05) is 24.3 Å². The molecule has 0 radical (unpaired) electrons. The van der Waals surface area contributed by atoms with E-state index in [2.05, 4.69) is 10.2 Å². The van der Waals surface area contributed by atoms with Crippen molar-refractivity contribution >= 4 is 5.82 Å². The lowest BCUT2D eigenvalue weighted by atomic mass is 9.99. The Morgan fingerprint density at radius 3 is 2.67 bits per heavy atom. The fourth-order valence-electron chi connectivity index (χ4n) is 1.60. The van der Waals surface area contributed by atoms with Crippen molar-refractivity contribution < 1.29 is 4.39 Å². The van der Waals surface area contributed by atoms with E-state index < -0.39 is 6.17 Å². The van der Waals surface area contributed by atoms with Gasteiger partial charge in [-0.25, -0.2) is 4.39 Å². The van der Waals surface area contributed by atoms with E-state index in [1.165, 1.54) is 6.92 Å². The first-order valence-corrected chi connectivity index (χ1v) is 4.72. The van der Waals surface area contributed by atoms with Gasteiger partial charge in [-0.05, 0) is 18.1 Å². The number of nitrogens with one attached hydrogen (secondary N) is 1. The molecule has 0 spiro atoms. The fourth-order valence-corrected chi connectivity index (χ4v) is 1.60. The molecule has 2 aromatic rings. The summed E-state index contributed by atoms with van der Waals surface area (Å²) in [6.45, 7) is 1.51. The Kier molecular flexibility index (Phi) is 2.41. The molecule has 1 atom stereocenters. The number of aromatic amines is 1. The van der Waals surface area contributed by atoms with Gasteiger partial charge in [0.05, 0.1) is 6.20 Å². The first-order chi connectivity index (χ1) is 7.20. The van der Waals surface area contributed by atoms with Gasteiger partial charge in [0.25, 0.3) is 0 Å². The highest BCUT2D eigenvalue weighted by molar-refractivity contribution is 5.75. The molecular weight excluding hydrogens is 193 g/mol. The quantitative estimate of drug-likeness (QED) is 0.791. The second kappa shape index (κ2) is 3.73. The first kappa shape index (κ1) is 9.71. The van der Waals surface area contributed by atoms with Crippen molar-refractivity contribution in [1.29, 1.82) is 0 Å². The van der Waals surface area contributed by atoms with Crippen molar-refractivity contribution in [3.63, 3.8) is 0 Å². The van der Waals surface area contributed by atoms with Crippen LogP contribution < -0.4 is 5.73 Å². The van der Waals surface area contributed by atoms with E-state index in [4.69, 9.17) is 5.73 Å². The minimum Gasteiger partial charge on any atom is -0.384 e. The van der Waals surface area contributed by atoms with Crippen LogP contribution in [0, 0.1) is 0 Å². The minimum absolute atomic E-state index is 0.461. The summed E-state index contributed by atoms with van der Waals surface area (Å²) in [5, 5.41) is 6.46. The fraction of sp³-hybridized carbons (Fsp3) is 0.182. The summed E-state index contributed by atoms with van der Waals surface area (Å²) in [6.07, 6.45) is 0.590. The number of hydrogen-bond acceptors (Lipinski definition) is 2.